The molecule has 0 spiro atoms. The molecule has 1 aromatic carbocycles. The number of urea groups is 1. The molecule has 0 saturated carbocycles. The molecule has 22 heavy (non-hydrogen) atoms. The average molecular weight is 339 g/mol. The van der Waals surface area contributed by atoms with Crippen molar-refractivity contribution in [1.82, 2.24) is 15.0 Å². The van der Waals surface area contributed by atoms with E-state index in [-0.39, 0.29) is 4.90 Å². The maximum Gasteiger partial charge on any atom is 0.328 e. The molecule has 118 valence electrons. The van der Waals surface area contributed by atoms with E-state index in [1.807, 2.05) is 18.6 Å². The number of hydrogen-bond donors (Lipinski definition) is 2. The topological polar surface area (TPSA) is 88.2 Å². The Hall–Kier alpha value is -1.93. The van der Waals surface area contributed by atoms with Crippen LogP contribution >= 0.6 is 11.3 Å². The van der Waals surface area contributed by atoms with E-state index in [2.05, 4.69) is 10.3 Å². The third kappa shape index (κ3) is 4.54. The molecule has 8 heteroatoms. The number of amides is 2. The molecule has 6 nitrogen and oxygen atoms in total. The van der Waals surface area contributed by atoms with Crippen LogP contribution in [0.15, 0.2) is 35.4 Å². The highest BCUT2D eigenvalue weighted by molar-refractivity contribution is 7.90. The zero-order chi connectivity index (χ0) is 16.2. The lowest BCUT2D eigenvalue weighted by Crippen LogP contribution is -2.40. The molecule has 1 aromatic heterocycles. The van der Waals surface area contributed by atoms with Gasteiger partial charge in [0.15, 0.2) is 0 Å². The molecule has 1 heterocycles. The lowest BCUT2D eigenvalue weighted by atomic mass is 10.2. The number of benzene rings is 1. The molecule has 0 unspecified atom stereocenters. The summed E-state index contributed by atoms with van der Waals surface area (Å²) in [7, 11) is -3.84. The Bertz CT molecular complexity index is 752. The first-order chi connectivity index (χ1) is 10.4. The number of nitrogens with one attached hydrogen (secondary N) is 2. The second-order valence-electron chi connectivity index (χ2n) is 4.79. The van der Waals surface area contributed by atoms with E-state index in [0.717, 1.165) is 15.4 Å². The first kappa shape index (κ1) is 16.4. The van der Waals surface area contributed by atoms with Crippen molar-refractivity contribution in [2.45, 2.75) is 25.2 Å². The normalized spacial score (nSPS) is 11.2. The second-order valence-corrected chi connectivity index (χ2v) is 7.79. The molecule has 0 atom stereocenters. The van der Waals surface area contributed by atoms with Crippen molar-refractivity contribution in [3.63, 3.8) is 0 Å². The Morgan fingerprint density at radius 1 is 1.23 bits per heavy atom. The van der Waals surface area contributed by atoms with E-state index >= 15 is 0 Å². The van der Waals surface area contributed by atoms with Crippen molar-refractivity contribution >= 4 is 27.4 Å². The summed E-state index contributed by atoms with van der Waals surface area (Å²) in [5, 5.41) is 3.42. The number of aromatic nitrogens is 1. The van der Waals surface area contributed by atoms with Crippen molar-refractivity contribution in [1.29, 1.82) is 0 Å². The zero-order valence-corrected chi connectivity index (χ0v) is 13.9. The van der Waals surface area contributed by atoms with E-state index in [1.165, 1.54) is 12.1 Å². The molecule has 0 saturated heterocycles. The monoisotopic (exact) mass is 339 g/mol. The number of nitrogens with zero attached hydrogens (tertiary/aromatic N) is 1. The molecule has 0 radical (unpaired) electrons. The Labute approximate surface area is 133 Å². The van der Waals surface area contributed by atoms with Crippen LogP contribution in [-0.4, -0.2) is 26.0 Å². The Morgan fingerprint density at radius 3 is 2.50 bits per heavy atom. The summed E-state index contributed by atoms with van der Waals surface area (Å²) in [6.07, 6.45) is 2.33. The third-order valence-corrected chi connectivity index (χ3v) is 5.17. The Balaban J connectivity index is 1.86. The fraction of sp³-hybridized carbons (Fsp3) is 0.286. The smallest absolute Gasteiger partial charge is 0.328 e. The van der Waals surface area contributed by atoms with Gasteiger partial charge >= 0.3 is 6.03 Å². The second kappa shape index (κ2) is 6.89. The number of thiazole rings is 1. The van der Waals surface area contributed by atoms with Gasteiger partial charge in [0.25, 0.3) is 10.0 Å². The van der Waals surface area contributed by atoms with Gasteiger partial charge in [-0.3, -0.25) is 0 Å². The van der Waals surface area contributed by atoms with Gasteiger partial charge in [-0.05, 0) is 26.0 Å². The van der Waals surface area contributed by atoms with Crippen LogP contribution in [0.2, 0.25) is 0 Å². The highest BCUT2D eigenvalue weighted by atomic mass is 32.2. The van der Waals surface area contributed by atoms with Crippen molar-refractivity contribution in [3.05, 3.63) is 45.9 Å². The van der Waals surface area contributed by atoms with Crippen molar-refractivity contribution in [2.75, 3.05) is 6.54 Å². The number of rotatable bonds is 5. The summed E-state index contributed by atoms with van der Waals surface area (Å²) < 4.78 is 26.0. The van der Waals surface area contributed by atoms with Crippen LogP contribution in [-0.2, 0) is 16.4 Å². The molecule has 2 aromatic rings. The van der Waals surface area contributed by atoms with E-state index in [4.69, 9.17) is 0 Å². The largest absolute Gasteiger partial charge is 0.337 e. The molecule has 0 aliphatic carbocycles. The van der Waals surface area contributed by atoms with Gasteiger partial charge in [0.05, 0.1) is 9.90 Å². The van der Waals surface area contributed by atoms with Crippen LogP contribution in [0.5, 0.6) is 0 Å². The van der Waals surface area contributed by atoms with Crippen LogP contribution in [0.3, 0.4) is 0 Å². The van der Waals surface area contributed by atoms with Crippen LogP contribution in [0.25, 0.3) is 0 Å². The fourth-order valence-electron chi connectivity index (χ4n) is 1.73. The lowest BCUT2D eigenvalue weighted by Gasteiger charge is -2.08. The summed E-state index contributed by atoms with van der Waals surface area (Å²) in [4.78, 5) is 17.0. The van der Waals surface area contributed by atoms with E-state index in [1.54, 1.807) is 29.7 Å². The van der Waals surface area contributed by atoms with Crippen LogP contribution in [0.4, 0.5) is 4.79 Å². The van der Waals surface area contributed by atoms with Gasteiger partial charge < -0.3 is 5.32 Å². The minimum Gasteiger partial charge on any atom is -0.337 e. The molecular weight excluding hydrogens is 322 g/mol. The quantitative estimate of drug-likeness (QED) is 0.872. The lowest BCUT2D eigenvalue weighted by molar-refractivity contribution is 0.246. The number of aryl methyl sites for hydroxylation is 2. The third-order valence-electron chi connectivity index (χ3n) is 2.85. The molecule has 0 aliphatic heterocycles. The number of sulfonamides is 1. The highest BCUT2D eigenvalue weighted by Crippen LogP contribution is 2.11. The summed E-state index contributed by atoms with van der Waals surface area (Å²) in [5.74, 6) is 0. The van der Waals surface area contributed by atoms with Gasteiger partial charge in [-0.25, -0.2) is 22.9 Å². The summed E-state index contributed by atoms with van der Waals surface area (Å²) in [5.41, 5.74) is 0.946. The summed E-state index contributed by atoms with van der Waals surface area (Å²) in [6.45, 7) is 4.13. The fourth-order valence-corrected chi connectivity index (χ4v) is 3.45. The number of hydrogen-bond acceptors (Lipinski definition) is 5. The molecule has 2 rings (SSSR count). The Kier molecular flexibility index (Phi) is 5.15. The van der Waals surface area contributed by atoms with Gasteiger partial charge in [-0.1, -0.05) is 17.7 Å². The predicted molar refractivity (Wildman–Crippen MR) is 85.5 cm³/mol. The SMILES string of the molecule is Cc1ccc(S(=O)(=O)NC(=O)NCCc2ncc(C)s2)cc1. The molecule has 2 N–H and O–H groups in total. The van der Waals surface area contributed by atoms with E-state index in [0.29, 0.717) is 13.0 Å². The van der Waals surface area contributed by atoms with Gasteiger partial charge in [0.2, 0.25) is 0 Å². The minimum absolute atomic E-state index is 0.0591. The first-order valence-electron chi connectivity index (χ1n) is 6.65. The van der Waals surface area contributed by atoms with Gasteiger partial charge in [0.1, 0.15) is 0 Å². The standard InChI is InChI=1S/C14H17N3O3S2/c1-10-3-5-12(6-4-10)22(19,20)17-14(18)15-8-7-13-16-9-11(2)21-13/h3-6,9H,7-8H2,1-2H3,(H2,15,17,18). The molecule has 2 amide bonds. The van der Waals surface area contributed by atoms with Crippen LogP contribution in [0, 0.1) is 13.8 Å². The highest BCUT2D eigenvalue weighted by Gasteiger charge is 2.16. The maximum absolute atomic E-state index is 12.0. The molecular formula is C14H17N3O3S2. The predicted octanol–water partition coefficient (Wildman–Crippen LogP) is 1.99. The van der Waals surface area contributed by atoms with Crippen molar-refractivity contribution < 1.29 is 13.2 Å². The van der Waals surface area contributed by atoms with Crippen LogP contribution < -0.4 is 10.0 Å². The van der Waals surface area contributed by atoms with Gasteiger partial charge in [-0.2, -0.15) is 0 Å². The summed E-state index contributed by atoms with van der Waals surface area (Å²) in [6, 6.07) is 5.54. The summed E-state index contributed by atoms with van der Waals surface area (Å²) >= 11 is 1.55. The maximum atomic E-state index is 12.0. The van der Waals surface area contributed by atoms with E-state index < -0.39 is 16.1 Å². The molecule has 0 aliphatic rings. The first-order valence-corrected chi connectivity index (χ1v) is 8.95. The molecule has 0 bridgehead atoms. The van der Waals surface area contributed by atoms with Gasteiger partial charge in [0, 0.05) is 24.0 Å². The number of carbonyl (C=O) groups is 1. The van der Waals surface area contributed by atoms with Crippen molar-refractivity contribution in [3.8, 4) is 0 Å². The van der Waals surface area contributed by atoms with E-state index in [9.17, 15) is 13.2 Å². The molecule has 0 fully saturated rings. The van der Waals surface area contributed by atoms with Gasteiger partial charge in [-0.15, -0.1) is 11.3 Å². The zero-order valence-electron chi connectivity index (χ0n) is 12.3. The minimum atomic E-state index is -3.84. The van der Waals surface area contributed by atoms with Crippen LogP contribution in [0.1, 0.15) is 15.4 Å². The average Bonchev–Trinajstić information content (AvgIpc) is 2.84. The Morgan fingerprint density at radius 2 is 1.91 bits per heavy atom. The van der Waals surface area contributed by atoms with Crippen molar-refractivity contribution in [2.24, 2.45) is 0 Å². The number of carbonyl (C=O) groups excluding carboxylic acids is 1.